The van der Waals surface area contributed by atoms with Crippen LogP contribution in [0.1, 0.15) is 11.9 Å². The average Bonchev–Trinajstić information content (AvgIpc) is 1.14. The first-order valence-corrected chi connectivity index (χ1v) is 1.28. The van der Waals surface area contributed by atoms with E-state index in [0.717, 1.165) is 0 Å². The van der Waals surface area contributed by atoms with Crippen LogP contribution in [0.3, 0.4) is 0 Å². The van der Waals surface area contributed by atoms with Crippen molar-refractivity contribution in [2.45, 2.75) is 6.42 Å². The topological polar surface area (TPSA) is 52.0 Å². The summed E-state index contributed by atoms with van der Waals surface area (Å²) in [5.74, 6) is 0. The Kier molecular flexibility index (Phi) is 10.1. The predicted octanol–water partition coefficient (Wildman–Crippen LogP) is 0.138. The molecule has 0 saturated heterocycles. The van der Waals surface area contributed by atoms with Gasteiger partial charge in [-0.05, 0) is 19.4 Å². The van der Waals surface area contributed by atoms with Gasteiger partial charge in [0.2, 0.25) is 0 Å². The minimum atomic E-state index is -2.02. The van der Waals surface area contributed by atoms with Crippen LogP contribution in [-0.4, -0.2) is 13.0 Å². The fraction of sp³-hybridized carbons (Fsp3) is 1.00. The lowest BCUT2D eigenvalue weighted by molar-refractivity contribution is 0.844. The molecule has 4 N–H and O–H groups in total. The van der Waals surface area contributed by atoms with Crippen LogP contribution >= 0.6 is 24.8 Å². The Morgan fingerprint density at radius 1 is 1.14 bits per heavy atom. The molecule has 0 amide bonds. The molecule has 0 aliphatic carbocycles. The second-order valence-corrected chi connectivity index (χ2v) is 0.585. The van der Waals surface area contributed by atoms with E-state index >= 15 is 0 Å². The first-order chi connectivity index (χ1) is 3.71. The van der Waals surface area contributed by atoms with Gasteiger partial charge in [0.15, 0.2) is 0 Å². The maximum absolute atomic E-state index is 6.71. The molecule has 2 nitrogen and oxygen atoms in total. The summed E-state index contributed by atoms with van der Waals surface area (Å²) in [6, 6.07) is 0. The third-order valence-corrected chi connectivity index (χ3v) is 0.204. The van der Waals surface area contributed by atoms with Crippen LogP contribution in [-0.2, 0) is 0 Å². The number of halogens is 2. The Labute approximate surface area is 62.1 Å². The molecule has 7 heavy (non-hydrogen) atoms. The molecule has 0 saturated carbocycles. The maximum Gasteiger partial charge on any atom is 0.0426 e. The van der Waals surface area contributed by atoms with Gasteiger partial charge in [-0.2, -0.15) is 0 Å². The van der Waals surface area contributed by atoms with Crippen molar-refractivity contribution in [1.29, 1.82) is 0 Å². The van der Waals surface area contributed by atoms with Crippen molar-refractivity contribution in [1.82, 2.24) is 0 Å². The second kappa shape index (κ2) is 16.1. The molecule has 0 unspecified atom stereocenters. The Hall–Kier alpha value is 0.500. The molecule has 0 aromatic rings. The molecule has 4 heteroatoms. The molecule has 0 bridgehead atoms. The van der Waals surface area contributed by atoms with Gasteiger partial charge in [0.05, 0.1) is 0 Å². The normalized spacial score (nSPS) is 18.6. The Morgan fingerprint density at radius 2 is 1.43 bits per heavy atom. The molecular formula is C3H12Cl2N2. The summed E-state index contributed by atoms with van der Waals surface area (Å²) >= 11 is 0. The lowest BCUT2D eigenvalue weighted by Crippen LogP contribution is -2.06. The average molecular weight is 151 g/mol. The smallest absolute Gasteiger partial charge is 0.0426 e. The molecule has 0 spiro atoms. The zero-order valence-electron chi connectivity index (χ0n) is 7.68. The number of rotatable bonds is 2. The highest BCUT2D eigenvalue weighted by atomic mass is 35.5. The standard InChI is InChI=1S/C3H10N2.2ClH/c4-2-1-3-5;;/h1-5H2;2*1H/i2D2,3D2;;. The van der Waals surface area contributed by atoms with Gasteiger partial charge in [-0.25, -0.2) is 0 Å². The fourth-order valence-corrected chi connectivity index (χ4v) is 0.0589. The van der Waals surface area contributed by atoms with Crippen LogP contribution in [0.15, 0.2) is 0 Å². The molecule has 0 heterocycles. The van der Waals surface area contributed by atoms with E-state index < -0.39 is 19.4 Å². The molecule has 0 aliphatic heterocycles. The molecule has 0 radical (unpaired) electrons. The zero-order chi connectivity index (χ0) is 7.71. The molecule has 0 rings (SSSR count). The lowest BCUT2D eigenvalue weighted by Gasteiger charge is -1.81. The number of hydrogen-bond acceptors (Lipinski definition) is 2. The monoisotopic (exact) mass is 150 g/mol. The van der Waals surface area contributed by atoms with Crippen LogP contribution in [0.25, 0.3) is 0 Å². The summed E-state index contributed by atoms with van der Waals surface area (Å²) in [4.78, 5) is 0. The third kappa shape index (κ3) is 21.1. The van der Waals surface area contributed by atoms with E-state index in [-0.39, 0.29) is 24.8 Å². The van der Waals surface area contributed by atoms with E-state index in [1.54, 1.807) is 0 Å². The molecular weight excluding hydrogens is 135 g/mol. The Balaban J connectivity index is -0.000000320. The highest BCUT2D eigenvalue weighted by molar-refractivity contribution is 5.85. The summed E-state index contributed by atoms with van der Waals surface area (Å²) in [5.41, 5.74) is 9.67. The molecule has 48 valence electrons. The van der Waals surface area contributed by atoms with Crippen molar-refractivity contribution in [2.75, 3.05) is 13.0 Å². The number of nitrogens with two attached hydrogens (primary N) is 2. The van der Waals surface area contributed by atoms with E-state index in [1.165, 1.54) is 0 Å². The first kappa shape index (κ1) is 4.39. The molecule has 0 aliphatic rings. The van der Waals surface area contributed by atoms with Gasteiger partial charge < -0.3 is 11.5 Å². The third-order valence-electron chi connectivity index (χ3n) is 0.204. The van der Waals surface area contributed by atoms with Crippen LogP contribution < -0.4 is 11.5 Å². The first-order valence-electron chi connectivity index (χ1n) is 3.28. The lowest BCUT2D eigenvalue weighted by atomic mass is 10.4. The quantitative estimate of drug-likeness (QED) is 0.589. The Morgan fingerprint density at radius 3 is 1.43 bits per heavy atom. The summed E-state index contributed by atoms with van der Waals surface area (Å²) in [7, 11) is 0. The number of hydrogen-bond donors (Lipinski definition) is 2. The van der Waals surface area contributed by atoms with E-state index in [4.69, 9.17) is 17.0 Å². The van der Waals surface area contributed by atoms with Gasteiger partial charge >= 0.3 is 0 Å². The van der Waals surface area contributed by atoms with Gasteiger partial charge in [-0.1, -0.05) is 0 Å². The largest absolute Gasteiger partial charge is 0.330 e. The van der Waals surface area contributed by atoms with E-state index in [2.05, 4.69) is 0 Å². The van der Waals surface area contributed by atoms with Crippen molar-refractivity contribution in [3.8, 4) is 0 Å². The van der Waals surface area contributed by atoms with Gasteiger partial charge in [0.25, 0.3) is 0 Å². The summed E-state index contributed by atoms with van der Waals surface area (Å²) < 4.78 is 26.8. The SMILES string of the molecule is Cl.Cl.[2H]C([2H])(N)CC([2H])([2H])N. The van der Waals surface area contributed by atoms with Gasteiger partial charge in [0, 0.05) is 5.48 Å². The highest BCUT2D eigenvalue weighted by Crippen LogP contribution is 1.58. The predicted molar refractivity (Wildman–Crippen MR) is 37.2 cm³/mol. The van der Waals surface area contributed by atoms with E-state index in [1.807, 2.05) is 0 Å². The fourth-order valence-electron chi connectivity index (χ4n) is 0.0589. The summed E-state index contributed by atoms with van der Waals surface area (Å²) in [6.07, 6.45) is -0.486. The highest BCUT2D eigenvalue weighted by Gasteiger charge is 1.67. The summed E-state index contributed by atoms with van der Waals surface area (Å²) in [6.45, 7) is -4.03. The van der Waals surface area contributed by atoms with Gasteiger partial charge in [-0.3, -0.25) is 0 Å². The van der Waals surface area contributed by atoms with Crippen molar-refractivity contribution in [3.63, 3.8) is 0 Å². The van der Waals surface area contributed by atoms with Crippen LogP contribution in [0, 0.1) is 0 Å². The Bertz CT molecular complexity index is 86.5. The van der Waals surface area contributed by atoms with Crippen LogP contribution in [0.5, 0.6) is 0 Å². The van der Waals surface area contributed by atoms with Crippen molar-refractivity contribution >= 4 is 24.8 Å². The zero-order valence-corrected chi connectivity index (χ0v) is 5.31. The maximum atomic E-state index is 6.71. The van der Waals surface area contributed by atoms with Crippen molar-refractivity contribution < 1.29 is 5.48 Å². The minimum Gasteiger partial charge on any atom is -0.330 e. The van der Waals surface area contributed by atoms with Gasteiger partial charge in [0.1, 0.15) is 0 Å². The van der Waals surface area contributed by atoms with Crippen LogP contribution in [0.2, 0.25) is 0 Å². The van der Waals surface area contributed by atoms with Crippen molar-refractivity contribution in [2.24, 2.45) is 11.5 Å². The van der Waals surface area contributed by atoms with Crippen molar-refractivity contribution in [3.05, 3.63) is 0 Å². The van der Waals surface area contributed by atoms with E-state index in [9.17, 15) is 0 Å². The van der Waals surface area contributed by atoms with E-state index in [0.29, 0.717) is 0 Å². The van der Waals surface area contributed by atoms with Crippen LogP contribution in [0.4, 0.5) is 0 Å². The second-order valence-electron chi connectivity index (χ2n) is 0.585. The molecule has 0 aromatic heterocycles. The molecule has 0 fully saturated rings. The minimum absolute atomic E-state index is 0. The summed E-state index contributed by atoms with van der Waals surface area (Å²) in [5, 5.41) is 0. The molecule has 0 atom stereocenters. The van der Waals surface area contributed by atoms with Gasteiger partial charge in [-0.15, -0.1) is 24.8 Å². The molecule has 0 aromatic carbocycles.